The predicted molar refractivity (Wildman–Crippen MR) is 118 cm³/mol. The second-order valence-electron chi connectivity index (χ2n) is 6.27. The Morgan fingerprint density at radius 3 is 2.57 bits per heavy atom. The van der Waals surface area contributed by atoms with Crippen LogP contribution in [0.3, 0.4) is 0 Å². The maximum atomic E-state index is 11.5. The van der Waals surface area contributed by atoms with Crippen LogP contribution in [0, 0.1) is 17.0 Å². The quantitative estimate of drug-likeness (QED) is 0.270. The third-order valence-corrected chi connectivity index (χ3v) is 5.44. The molecule has 0 fully saturated rings. The van der Waals surface area contributed by atoms with Gasteiger partial charge in [-0.3, -0.25) is 15.5 Å². The Kier molecular flexibility index (Phi) is 6.71. The predicted octanol–water partition coefficient (Wildman–Crippen LogP) is 5.85. The molecule has 9 heteroatoms. The summed E-state index contributed by atoms with van der Waals surface area (Å²) in [6.45, 7) is 1.98. The average molecular weight is 442 g/mol. The zero-order valence-electron chi connectivity index (χ0n) is 15.7. The molecule has 0 aromatic heterocycles. The lowest BCUT2D eigenvalue weighted by Crippen LogP contribution is -1.99. The van der Waals surface area contributed by atoms with Gasteiger partial charge in [0.25, 0.3) is 5.69 Å². The van der Waals surface area contributed by atoms with Crippen LogP contribution in [0.25, 0.3) is 0 Å². The summed E-state index contributed by atoms with van der Waals surface area (Å²) in [5, 5.41) is 24.8. The molecule has 3 rings (SSSR count). The number of hydrogen-bond acceptors (Lipinski definition) is 6. The summed E-state index contributed by atoms with van der Waals surface area (Å²) in [6, 6.07) is 17.0. The van der Waals surface area contributed by atoms with E-state index in [0.717, 1.165) is 10.5 Å². The monoisotopic (exact) mass is 441 g/mol. The number of nitro benzene ring substituents is 1. The molecule has 0 bridgehead atoms. The Bertz CT molecular complexity index is 1130. The number of carboxylic acid groups (broad SMARTS) is 1. The summed E-state index contributed by atoms with van der Waals surface area (Å²) < 4.78 is 0. The first-order valence-corrected chi connectivity index (χ1v) is 9.88. The van der Waals surface area contributed by atoms with E-state index in [9.17, 15) is 14.9 Å². The number of carboxylic acids is 1. The number of aromatic carboxylic acids is 1. The molecule has 0 atom stereocenters. The van der Waals surface area contributed by atoms with Crippen LogP contribution in [-0.4, -0.2) is 22.2 Å². The van der Waals surface area contributed by atoms with Crippen LogP contribution >= 0.6 is 23.4 Å². The van der Waals surface area contributed by atoms with E-state index in [4.69, 9.17) is 16.7 Å². The number of benzene rings is 3. The Hall–Kier alpha value is -3.36. The summed E-state index contributed by atoms with van der Waals surface area (Å²) in [7, 11) is 0. The summed E-state index contributed by atoms with van der Waals surface area (Å²) in [4.78, 5) is 23.6. The fraction of sp³-hybridized carbons (Fsp3) is 0.0476. The van der Waals surface area contributed by atoms with Gasteiger partial charge in [-0.2, -0.15) is 5.10 Å². The van der Waals surface area contributed by atoms with E-state index < -0.39 is 10.9 Å². The van der Waals surface area contributed by atoms with Crippen molar-refractivity contribution < 1.29 is 14.8 Å². The van der Waals surface area contributed by atoms with E-state index in [1.54, 1.807) is 18.2 Å². The number of nitrogens with one attached hydrogen (secondary N) is 1. The summed E-state index contributed by atoms with van der Waals surface area (Å²) >= 11 is 7.15. The molecule has 0 saturated carbocycles. The minimum atomic E-state index is -1.15. The van der Waals surface area contributed by atoms with Crippen LogP contribution in [0.15, 0.2) is 75.6 Å². The van der Waals surface area contributed by atoms with Gasteiger partial charge < -0.3 is 5.11 Å². The number of aryl methyl sites for hydroxylation is 1. The number of rotatable bonds is 7. The second kappa shape index (κ2) is 9.43. The van der Waals surface area contributed by atoms with E-state index in [2.05, 4.69) is 10.5 Å². The van der Waals surface area contributed by atoms with E-state index in [-0.39, 0.29) is 16.3 Å². The summed E-state index contributed by atoms with van der Waals surface area (Å²) in [5.41, 5.74) is 4.68. The van der Waals surface area contributed by atoms with Gasteiger partial charge in [0.05, 0.1) is 32.3 Å². The molecule has 0 unspecified atom stereocenters. The number of halogens is 1. The molecule has 0 aliphatic heterocycles. The first-order valence-electron chi connectivity index (χ1n) is 8.68. The number of hydrogen-bond donors (Lipinski definition) is 2. The highest BCUT2D eigenvalue weighted by molar-refractivity contribution is 7.99. The highest BCUT2D eigenvalue weighted by Gasteiger charge is 2.15. The lowest BCUT2D eigenvalue weighted by Gasteiger charge is -2.05. The largest absolute Gasteiger partial charge is 0.478 e. The van der Waals surface area contributed by atoms with Gasteiger partial charge in [-0.25, -0.2) is 4.79 Å². The van der Waals surface area contributed by atoms with Crippen molar-refractivity contribution in [3.05, 3.63) is 92.5 Å². The molecular formula is C21H16ClN3O4S. The molecule has 7 nitrogen and oxygen atoms in total. The zero-order valence-corrected chi connectivity index (χ0v) is 17.3. The highest BCUT2D eigenvalue weighted by Crippen LogP contribution is 2.35. The van der Waals surface area contributed by atoms with Crippen molar-refractivity contribution in [3.8, 4) is 0 Å². The van der Waals surface area contributed by atoms with E-state index in [1.165, 1.54) is 36.2 Å². The van der Waals surface area contributed by atoms with Crippen molar-refractivity contribution in [2.75, 3.05) is 5.43 Å². The number of carbonyl (C=O) groups is 1. The molecule has 0 spiro atoms. The van der Waals surface area contributed by atoms with E-state index in [1.807, 2.05) is 31.2 Å². The van der Waals surface area contributed by atoms with Crippen molar-refractivity contribution in [1.29, 1.82) is 0 Å². The van der Waals surface area contributed by atoms with Crippen molar-refractivity contribution in [1.82, 2.24) is 0 Å². The Morgan fingerprint density at radius 1 is 1.17 bits per heavy atom. The minimum Gasteiger partial charge on any atom is -0.478 e. The third-order valence-electron chi connectivity index (χ3n) is 4.03. The molecule has 0 amide bonds. The van der Waals surface area contributed by atoms with Gasteiger partial charge in [-0.1, -0.05) is 47.1 Å². The Labute approximate surface area is 181 Å². The van der Waals surface area contributed by atoms with Gasteiger partial charge in [-0.15, -0.1) is 0 Å². The standard InChI is InChI=1S/C21H16ClN3O4S/c1-13-2-6-16(7-3-13)30-20-9-4-14(10-19(20)25(28)29)12-23-24-15-5-8-18(22)17(11-15)21(26)27/h2-12,24H,1H3,(H,26,27)/b23-12-. The molecule has 3 aromatic carbocycles. The summed E-state index contributed by atoms with van der Waals surface area (Å²) in [5.74, 6) is -1.15. The van der Waals surface area contributed by atoms with Gasteiger partial charge in [-0.05, 0) is 43.3 Å². The fourth-order valence-electron chi connectivity index (χ4n) is 2.52. The molecule has 30 heavy (non-hydrogen) atoms. The van der Waals surface area contributed by atoms with Crippen LogP contribution < -0.4 is 5.43 Å². The first kappa shape index (κ1) is 21.4. The summed E-state index contributed by atoms with van der Waals surface area (Å²) in [6.07, 6.45) is 1.42. The van der Waals surface area contributed by atoms with Gasteiger partial charge in [0.2, 0.25) is 0 Å². The van der Waals surface area contributed by atoms with Crippen LogP contribution in [0.2, 0.25) is 5.02 Å². The smallest absolute Gasteiger partial charge is 0.337 e. The molecule has 0 heterocycles. The van der Waals surface area contributed by atoms with Crippen molar-refractivity contribution >= 4 is 46.9 Å². The maximum Gasteiger partial charge on any atom is 0.337 e. The highest BCUT2D eigenvalue weighted by atomic mass is 35.5. The number of nitrogens with zero attached hydrogens (tertiary/aromatic N) is 2. The molecular weight excluding hydrogens is 426 g/mol. The Balaban J connectivity index is 1.77. The normalized spacial score (nSPS) is 10.9. The molecule has 152 valence electrons. The number of hydrazone groups is 1. The molecule has 0 aliphatic rings. The Morgan fingerprint density at radius 2 is 1.90 bits per heavy atom. The lowest BCUT2D eigenvalue weighted by atomic mass is 10.2. The first-order chi connectivity index (χ1) is 14.3. The van der Waals surface area contributed by atoms with Gasteiger partial charge >= 0.3 is 5.97 Å². The van der Waals surface area contributed by atoms with Gasteiger partial charge in [0.15, 0.2) is 0 Å². The van der Waals surface area contributed by atoms with E-state index in [0.29, 0.717) is 16.1 Å². The van der Waals surface area contributed by atoms with Gasteiger partial charge in [0, 0.05) is 16.5 Å². The van der Waals surface area contributed by atoms with E-state index >= 15 is 0 Å². The molecule has 0 aliphatic carbocycles. The van der Waals surface area contributed by atoms with Crippen LogP contribution in [0.5, 0.6) is 0 Å². The minimum absolute atomic E-state index is 0.0239. The number of anilines is 1. The molecule has 0 radical (unpaired) electrons. The maximum absolute atomic E-state index is 11.5. The van der Waals surface area contributed by atoms with Crippen molar-refractivity contribution in [3.63, 3.8) is 0 Å². The van der Waals surface area contributed by atoms with Gasteiger partial charge in [0.1, 0.15) is 0 Å². The molecule has 3 aromatic rings. The molecule has 2 N–H and O–H groups in total. The van der Waals surface area contributed by atoms with Crippen LogP contribution in [0.4, 0.5) is 11.4 Å². The van der Waals surface area contributed by atoms with Crippen LogP contribution in [0.1, 0.15) is 21.5 Å². The number of nitro groups is 1. The van der Waals surface area contributed by atoms with Crippen LogP contribution in [-0.2, 0) is 0 Å². The second-order valence-corrected chi connectivity index (χ2v) is 7.79. The zero-order chi connectivity index (χ0) is 21.7. The molecule has 0 saturated heterocycles. The van der Waals surface area contributed by atoms with Crippen molar-refractivity contribution in [2.45, 2.75) is 16.7 Å². The average Bonchev–Trinajstić information content (AvgIpc) is 2.71. The SMILES string of the molecule is Cc1ccc(Sc2ccc(/C=N\Nc3ccc(Cl)c(C(=O)O)c3)cc2[N+](=O)[O-])cc1. The lowest BCUT2D eigenvalue weighted by molar-refractivity contribution is -0.387. The van der Waals surface area contributed by atoms with Crippen molar-refractivity contribution in [2.24, 2.45) is 5.10 Å². The fourth-order valence-corrected chi connectivity index (χ4v) is 3.62. The third kappa shape index (κ3) is 5.37. The topological polar surface area (TPSA) is 105 Å².